The number of hydrogen-bond acceptors (Lipinski definition) is 3. The molecule has 0 bridgehead atoms. The van der Waals surface area contributed by atoms with Crippen LogP contribution >= 0.6 is 43.5 Å². The summed E-state index contributed by atoms with van der Waals surface area (Å²) in [5, 5.41) is 0.744. The molecule has 0 aliphatic heterocycles. The van der Waals surface area contributed by atoms with Gasteiger partial charge in [0.15, 0.2) is 0 Å². The fourth-order valence-electron chi connectivity index (χ4n) is 0.948. The van der Waals surface area contributed by atoms with Gasteiger partial charge in [-0.1, -0.05) is 27.5 Å². The summed E-state index contributed by atoms with van der Waals surface area (Å²) in [5.74, 6) is -0.435. The van der Waals surface area contributed by atoms with Crippen LogP contribution in [0.1, 0.15) is 15.9 Å². The Kier molecular flexibility index (Phi) is 4.34. The Hall–Kier alpha value is -0.130. The van der Waals surface area contributed by atoms with E-state index >= 15 is 0 Å². The van der Waals surface area contributed by atoms with Crippen LogP contribution in [0, 0.1) is 0 Å². The van der Waals surface area contributed by atoms with Crippen LogP contribution in [0.15, 0.2) is 10.7 Å². The third-order valence-electron chi connectivity index (χ3n) is 1.60. The quantitative estimate of drug-likeness (QED) is 0.470. The largest absolute Gasteiger partial charge is 0.465 e. The summed E-state index contributed by atoms with van der Waals surface area (Å²) in [7, 11) is 1.32. The zero-order valence-electron chi connectivity index (χ0n) is 7.18. The number of rotatable bonds is 2. The average Bonchev–Trinajstić information content (AvgIpc) is 2.19. The molecule has 1 rings (SSSR count). The maximum absolute atomic E-state index is 11.4. The number of carbonyl (C=O) groups excluding carboxylic acids is 1. The molecule has 0 aliphatic rings. The number of esters is 1. The van der Waals surface area contributed by atoms with Gasteiger partial charge in [0.2, 0.25) is 0 Å². The highest BCUT2D eigenvalue weighted by atomic mass is 79.9. The van der Waals surface area contributed by atoms with Crippen LogP contribution in [0.2, 0.25) is 5.15 Å². The Morgan fingerprint density at radius 1 is 1.71 bits per heavy atom. The topological polar surface area (TPSA) is 39.2 Å². The Morgan fingerprint density at radius 3 is 2.86 bits per heavy atom. The third-order valence-corrected chi connectivity index (χ3v) is 3.09. The van der Waals surface area contributed by atoms with Crippen molar-refractivity contribution < 1.29 is 9.53 Å². The van der Waals surface area contributed by atoms with Gasteiger partial charge in [-0.05, 0) is 15.9 Å². The molecule has 1 heterocycles. The molecule has 1 aromatic rings. The number of nitrogens with zero attached hydrogens (tertiary/aromatic N) is 1. The molecule has 14 heavy (non-hydrogen) atoms. The van der Waals surface area contributed by atoms with Crippen molar-refractivity contribution in [2.24, 2.45) is 0 Å². The van der Waals surface area contributed by atoms with Crippen LogP contribution in [0.4, 0.5) is 0 Å². The first kappa shape index (κ1) is 11.9. The molecule has 0 atom stereocenters. The minimum absolute atomic E-state index is 0.297. The molecule has 3 nitrogen and oxygen atoms in total. The van der Waals surface area contributed by atoms with E-state index in [9.17, 15) is 4.79 Å². The third kappa shape index (κ3) is 2.27. The lowest BCUT2D eigenvalue weighted by Crippen LogP contribution is -2.07. The Balaban J connectivity index is 3.37. The average molecular weight is 343 g/mol. The van der Waals surface area contributed by atoms with Crippen LogP contribution in [0.5, 0.6) is 0 Å². The number of halogens is 3. The van der Waals surface area contributed by atoms with Gasteiger partial charge in [-0.2, -0.15) is 0 Å². The highest BCUT2D eigenvalue weighted by molar-refractivity contribution is 9.10. The van der Waals surface area contributed by atoms with E-state index in [0.29, 0.717) is 26.1 Å². The SMILES string of the molecule is COC(=O)c1c(Br)cnc(Cl)c1CBr. The summed E-state index contributed by atoms with van der Waals surface area (Å²) < 4.78 is 5.21. The van der Waals surface area contributed by atoms with E-state index in [-0.39, 0.29) is 0 Å². The molecular formula is C8H6Br2ClNO2. The normalized spacial score (nSPS) is 10.0. The second-order valence-corrected chi connectivity index (χ2v) is 4.15. The van der Waals surface area contributed by atoms with Crippen molar-refractivity contribution in [3.8, 4) is 0 Å². The number of aromatic nitrogens is 1. The van der Waals surface area contributed by atoms with E-state index in [0.717, 1.165) is 0 Å². The molecule has 0 radical (unpaired) electrons. The number of carbonyl (C=O) groups is 1. The van der Waals surface area contributed by atoms with Crippen molar-refractivity contribution in [3.05, 3.63) is 26.9 Å². The van der Waals surface area contributed by atoms with E-state index in [4.69, 9.17) is 11.6 Å². The fraction of sp³-hybridized carbons (Fsp3) is 0.250. The minimum atomic E-state index is -0.435. The van der Waals surface area contributed by atoms with Crippen LogP contribution in [0.3, 0.4) is 0 Å². The van der Waals surface area contributed by atoms with E-state index in [1.54, 1.807) is 0 Å². The van der Waals surface area contributed by atoms with Gasteiger partial charge in [0.25, 0.3) is 0 Å². The maximum Gasteiger partial charge on any atom is 0.339 e. The van der Waals surface area contributed by atoms with E-state index in [1.807, 2.05) is 0 Å². The summed E-state index contributed by atoms with van der Waals surface area (Å²) in [5.41, 5.74) is 1.03. The molecular weight excluding hydrogens is 337 g/mol. The summed E-state index contributed by atoms with van der Waals surface area (Å²) in [6.45, 7) is 0. The molecule has 6 heteroatoms. The van der Waals surface area contributed by atoms with Crippen molar-refractivity contribution in [3.63, 3.8) is 0 Å². The van der Waals surface area contributed by atoms with E-state index < -0.39 is 5.97 Å². The summed E-state index contributed by atoms with van der Waals surface area (Å²) in [6.07, 6.45) is 1.47. The molecule has 0 amide bonds. The molecule has 0 saturated carbocycles. The Labute approximate surface area is 103 Å². The van der Waals surface area contributed by atoms with Crippen LogP contribution in [-0.2, 0) is 10.1 Å². The first-order valence-corrected chi connectivity index (χ1v) is 5.88. The molecule has 0 fully saturated rings. The van der Waals surface area contributed by atoms with Crippen LogP contribution in [-0.4, -0.2) is 18.1 Å². The highest BCUT2D eigenvalue weighted by Gasteiger charge is 2.18. The molecule has 76 valence electrons. The van der Waals surface area contributed by atoms with Gasteiger partial charge in [0.05, 0.1) is 17.1 Å². The highest BCUT2D eigenvalue weighted by Crippen LogP contribution is 2.27. The Morgan fingerprint density at radius 2 is 2.36 bits per heavy atom. The lowest BCUT2D eigenvalue weighted by atomic mass is 10.1. The van der Waals surface area contributed by atoms with Crippen molar-refractivity contribution in [2.75, 3.05) is 7.11 Å². The van der Waals surface area contributed by atoms with Crippen molar-refractivity contribution in [1.82, 2.24) is 4.98 Å². The van der Waals surface area contributed by atoms with Crippen LogP contribution < -0.4 is 0 Å². The van der Waals surface area contributed by atoms with Gasteiger partial charge in [0, 0.05) is 17.1 Å². The molecule has 0 unspecified atom stereocenters. The lowest BCUT2D eigenvalue weighted by molar-refractivity contribution is 0.0598. The minimum Gasteiger partial charge on any atom is -0.465 e. The zero-order chi connectivity index (χ0) is 10.7. The molecule has 0 N–H and O–H groups in total. The first-order chi connectivity index (χ1) is 6.61. The van der Waals surface area contributed by atoms with Gasteiger partial charge in [-0.25, -0.2) is 9.78 Å². The van der Waals surface area contributed by atoms with Crippen molar-refractivity contribution in [2.45, 2.75) is 5.33 Å². The number of ether oxygens (including phenoxy) is 1. The van der Waals surface area contributed by atoms with Gasteiger partial charge >= 0.3 is 5.97 Å². The number of hydrogen-bond donors (Lipinski definition) is 0. The maximum atomic E-state index is 11.4. The molecule has 0 aliphatic carbocycles. The number of methoxy groups -OCH3 is 1. The molecule has 0 saturated heterocycles. The van der Waals surface area contributed by atoms with Gasteiger partial charge in [0.1, 0.15) is 5.15 Å². The van der Waals surface area contributed by atoms with Crippen molar-refractivity contribution in [1.29, 1.82) is 0 Å². The summed E-state index contributed by atoms with van der Waals surface area (Å²) in [6, 6.07) is 0. The van der Waals surface area contributed by atoms with Crippen molar-refractivity contribution >= 4 is 49.4 Å². The lowest BCUT2D eigenvalue weighted by Gasteiger charge is -2.08. The zero-order valence-corrected chi connectivity index (χ0v) is 11.1. The molecule has 1 aromatic heterocycles. The second-order valence-electron chi connectivity index (χ2n) is 2.38. The summed E-state index contributed by atoms with van der Waals surface area (Å²) in [4.78, 5) is 15.3. The molecule has 0 aromatic carbocycles. The molecule has 0 spiro atoms. The fourth-order valence-corrected chi connectivity index (χ4v) is 2.37. The monoisotopic (exact) mass is 341 g/mol. The standard InChI is InChI=1S/C8H6Br2ClNO2/c1-14-8(13)6-4(2-9)7(11)12-3-5(6)10/h3H,2H2,1H3. The second kappa shape index (κ2) is 5.09. The van der Waals surface area contributed by atoms with Gasteiger partial charge in [-0.3, -0.25) is 0 Å². The smallest absolute Gasteiger partial charge is 0.339 e. The predicted octanol–water partition coefficient (Wildman–Crippen LogP) is 3.18. The van der Waals surface area contributed by atoms with E-state index in [1.165, 1.54) is 13.3 Å². The van der Waals surface area contributed by atoms with Gasteiger partial charge in [-0.15, -0.1) is 0 Å². The summed E-state index contributed by atoms with van der Waals surface area (Å²) >= 11 is 12.3. The van der Waals surface area contributed by atoms with Crippen LogP contribution in [0.25, 0.3) is 0 Å². The first-order valence-electron chi connectivity index (χ1n) is 3.59. The Bertz CT molecular complexity index is 371. The van der Waals surface area contributed by atoms with E-state index in [2.05, 4.69) is 41.6 Å². The predicted molar refractivity (Wildman–Crippen MR) is 60.9 cm³/mol. The number of pyridine rings is 1. The van der Waals surface area contributed by atoms with Gasteiger partial charge < -0.3 is 4.74 Å². The number of alkyl halides is 1.